The second-order valence-electron chi connectivity index (χ2n) is 5.65. The molecule has 1 saturated carbocycles. The standard InChI is InChI=1S/C16H24N2O2/c1-3-20-15-13(5-4-6-14(15)17)16(19)18-10-12-8-7-11(2)9-12/h4-6,11-12H,3,7-10,17H2,1-2H3,(H,18,19). The highest BCUT2D eigenvalue weighted by Crippen LogP contribution is 2.30. The molecule has 0 bridgehead atoms. The Bertz CT molecular complexity index is 474. The van der Waals surface area contributed by atoms with Crippen molar-refractivity contribution in [1.82, 2.24) is 5.32 Å². The summed E-state index contributed by atoms with van der Waals surface area (Å²) in [4.78, 5) is 12.3. The fourth-order valence-corrected chi connectivity index (χ4v) is 2.88. The van der Waals surface area contributed by atoms with Gasteiger partial charge in [-0.1, -0.05) is 19.4 Å². The molecule has 0 heterocycles. The number of hydrogen-bond donors (Lipinski definition) is 2. The van der Waals surface area contributed by atoms with Crippen molar-refractivity contribution < 1.29 is 9.53 Å². The molecule has 3 N–H and O–H groups in total. The lowest BCUT2D eigenvalue weighted by Crippen LogP contribution is -2.29. The van der Waals surface area contributed by atoms with Gasteiger partial charge in [-0.2, -0.15) is 0 Å². The van der Waals surface area contributed by atoms with Crippen LogP contribution in [0.1, 0.15) is 43.5 Å². The maximum Gasteiger partial charge on any atom is 0.255 e. The van der Waals surface area contributed by atoms with E-state index < -0.39 is 0 Å². The quantitative estimate of drug-likeness (QED) is 0.813. The number of anilines is 1. The molecule has 1 aromatic rings. The highest BCUT2D eigenvalue weighted by Gasteiger charge is 2.22. The van der Waals surface area contributed by atoms with Crippen LogP contribution in [-0.2, 0) is 0 Å². The monoisotopic (exact) mass is 276 g/mol. The first kappa shape index (κ1) is 14.7. The molecule has 1 aliphatic carbocycles. The molecule has 4 nitrogen and oxygen atoms in total. The van der Waals surface area contributed by atoms with Crippen molar-refractivity contribution in [3.05, 3.63) is 23.8 Å². The number of amides is 1. The van der Waals surface area contributed by atoms with E-state index in [4.69, 9.17) is 10.5 Å². The van der Waals surface area contributed by atoms with Crippen molar-refractivity contribution >= 4 is 11.6 Å². The zero-order valence-electron chi connectivity index (χ0n) is 12.3. The Kier molecular flexibility index (Phi) is 4.88. The number of hydrogen-bond acceptors (Lipinski definition) is 3. The van der Waals surface area contributed by atoms with Crippen molar-refractivity contribution in [1.29, 1.82) is 0 Å². The fourth-order valence-electron chi connectivity index (χ4n) is 2.88. The van der Waals surface area contributed by atoms with Crippen molar-refractivity contribution in [3.8, 4) is 5.75 Å². The Morgan fingerprint density at radius 3 is 2.90 bits per heavy atom. The van der Waals surface area contributed by atoms with Gasteiger partial charge in [-0.15, -0.1) is 0 Å². The lowest BCUT2D eigenvalue weighted by Gasteiger charge is -2.14. The molecular formula is C16H24N2O2. The van der Waals surface area contributed by atoms with E-state index in [1.54, 1.807) is 18.2 Å². The molecule has 2 rings (SSSR count). The van der Waals surface area contributed by atoms with Crippen LogP contribution in [0, 0.1) is 11.8 Å². The summed E-state index contributed by atoms with van der Waals surface area (Å²) in [5.74, 6) is 1.78. The average molecular weight is 276 g/mol. The van der Waals surface area contributed by atoms with E-state index >= 15 is 0 Å². The van der Waals surface area contributed by atoms with Gasteiger partial charge < -0.3 is 15.8 Å². The Balaban J connectivity index is 2.00. The zero-order chi connectivity index (χ0) is 14.5. The molecule has 0 spiro atoms. The van der Waals surface area contributed by atoms with Crippen molar-refractivity contribution in [3.63, 3.8) is 0 Å². The third kappa shape index (κ3) is 3.44. The molecule has 0 saturated heterocycles. The topological polar surface area (TPSA) is 64.3 Å². The third-order valence-electron chi connectivity index (χ3n) is 3.93. The van der Waals surface area contributed by atoms with E-state index in [0.29, 0.717) is 29.5 Å². The summed E-state index contributed by atoms with van der Waals surface area (Å²) in [5.41, 5.74) is 6.91. The lowest BCUT2D eigenvalue weighted by atomic mass is 10.1. The van der Waals surface area contributed by atoms with E-state index in [1.165, 1.54) is 19.3 Å². The minimum absolute atomic E-state index is 0.0969. The molecule has 1 aromatic carbocycles. The smallest absolute Gasteiger partial charge is 0.255 e. The maximum atomic E-state index is 12.3. The van der Waals surface area contributed by atoms with E-state index in [1.807, 2.05) is 6.92 Å². The maximum absolute atomic E-state index is 12.3. The van der Waals surface area contributed by atoms with Crippen LogP contribution in [0.4, 0.5) is 5.69 Å². The minimum atomic E-state index is -0.0969. The number of benzene rings is 1. The molecule has 0 aromatic heterocycles. The van der Waals surface area contributed by atoms with Crippen LogP contribution in [0.25, 0.3) is 0 Å². The first-order chi connectivity index (χ1) is 9.61. The Labute approximate surface area is 120 Å². The van der Waals surface area contributed by atoms with Gasteiger partial charge in [-0.3, -0.25) is 4.79 Å². The zero-order valence-corrected chi connectivity index (χ0v) is 12.3. The molecule has 1 aliphatic rings. The fraction of sp³-hybridized carbons (Fsp3) is 0.562. The number of ether oxygens (including phenoxy) is 1. The Hall–Kier alpha value is -1.71. The summed E-state index contributed by atoms with van der Waals surface area (Å²) < 4.78 is 5.49. The van der Waals surface area contributed by atoms with Crippen molar-refractivity contribution in [2.45, 2.75) is 33.1 Å². The number of nitrogens with one attached hydrogen (secondary N) is 1. The molecule has 2 atom stereocenters. The van der Waals surface area contributed by atoms with Gasteiger partial charge in [0.15, 0.2) is 5.75 Å². The van der Waals surface area contributed by atoms with Gasteiger partial charge in [-0.05, 0) is 43.7 Å². The van der Waals surface area contributed by atoms with E-state index in [0.717, 1.165) is 12.5 Å². The first-order valence-corrected chi connectivity index (χ1v) is 7.41. The van der Waals surface area contributed by atoms with Crippen LogP contribution in [0.5, 0.6) is 5.75 Å². The predicted octanol–water partition coefficient (Wildman–Crippen LogP) is 2.83. The van der Waals surface area contributed by atoms with Gasteiger partial charge in [0.1, 0.15) is 0 Å². The molecular weight excluding hydrogens is 252 g/mol. The van der Waals surface area contributed by atoms with E-state index in [9.17, 15) is 4.79 Å². The number of carbonyl (C=O) groups is 1. The molecule has 110 valence electrons. The summed E-state index contributed by atoms with van der Waals surface area (Å²) in [6, 6.07) is 5.29. The van der Waals surface area contributed by atoms with Crippen LogP contribution in [0.2, 0.25) is 0 Å². The number of nitrogens with two attached hydrogens (primary N) is 1. The van der Waals surface area contributed by atoms with Crippen LogP contribution in [0.15, 0.2) is 18.2 Å². The van der Waals surface area contributed by atoms with E-state index in [-0.39, 0.29) is 5.91 Å². The molecule has 1 fully saturated rings. The van der Waals surface area contributed by atoms with Gasteiger partial charge in [0.25, 0.3) is 5.91 Å². The SMILES string of the molecule is CCOc1c(N)cccc1C(=O)NCC1CCC(C)C1. The van der Waals surface area contributed by atoms with Gasteiger partial charge in [0, 0.05) is 6.54 Å². The van der Waals surface area contributed by atoms with Gasteiger partial charge in [-0.25, -0.2) is 0 Å². The first-order valence-electron chi connectivity index (χ1n) is 7.41. The largest absolute Gasteiger partial charge is 0.491 e. The van der Waals surface area contributed by atoms with Gasteiger partial charge >= 0.3 is 0 Å². The normalized spacial score (nSPS) is 21.7. The summed E-state index contributed by atoms with van der Waals surface area (Å²) in [6.45, 7) is 5.39. The Morgan fingerprint density at radius 1 is 1.45 bits per heavy atom. The number of rotatable bonds is 5. The van der Waals surface area contributed by atoms with Gasteiger partial charge in [0.05, 0.1) is 17.9 Å². The highest BCUT2D eigenvalue weighted by atomic mass is 16.5. The summed E-state index contributed by atoms with van der Waals surface area (Å²) in [5, 5.41) is 3.01. The molecule has 0 radical (unpaired) electrons. The highest BCUT2D eigenvalue weighted by molar-refractivity contribution is 5.98. The summed E-state index contributed by atoms with van der Waals surface area (Å²) in [7, 11) is 0. The van der Waals surface area contributed by atoms with E-state index in [2.05, 4.69) is 12.2 Å². The van der Waals surface area contributed by atoms with Crippen LogP contribution < -0.4 is 15.8 Å². The van der Waals surface area contributed by atoms with Gasteiger partial charge in [0.2, 0.25) is 0 Å². The molecule has 20 heavy (non-hydrogen) atoms. The molecule has 4 heteroatoms. The second-order valence-corrected chi connectivity index (χ2v) is 5.65. The second kappa shape index (κ2) is 6.64. The lowest BCUT2D eigenvalue weighted by molar-refractivity contribution is 0.0943. The summed E-state index contributed by atoms with van der Waals surface area (Å²) in [6.07, 6.45) is 3.68. The number of para-hydroxylation sites is 1. The average Bonchev–Trinajstić information content (AvgIpc) is 2.84. The minimum Gasteiger partial charge on any atom is -0.491 e. The molecule has 2 unspecified atom stereocenters. The number of carbonyl (C=O) groups excluding carboxylic acids is 1. The Morgan fingerprint density at radius 2 is 2.25 bits per heavy atom. The van der Waals surface area contributed by atoms with Crippen LogP contribution in [0.3, 0.4) is 0 Å². The summed E-state index contributed by atoms with van der Waals surface area (Å²) >= 11 is 0. The van der Waals surface area contributed by atoms with Crippen molar-refractivity contribution in [2.24, 2.45) is 11.8 Å². The third-order valence-corrected chi connectivity index (χ3v) is 3.93. The molecule has 0 aliphatic heterocycles. The number of nitrogen functional groups attached to an aromatic ring is 1. The van der Waals surface area contributed by atoms with Crippen LogP contribution in [-0.4, -0.2) is 19.1 Å². The molecule has 1 amide bonds. The van der Waals surface area contributed by atoms with Crippen molar-refractivity contribution in [2.75, 3.05) is 18.9 Å². The predicted molar refractivity (Wildman–Crippen MR) is 80.9 cm³/mol. The van der Waals surface area contributed by atoms with Crippen LogP contribution >= 0.6 is 0 Å².